The molecule has 5 heteroatoms. The number of carbonyl (C=O) groups excluding carboxylic acids is 1. The predicted molar refractivity (Wildman–Crippen MR) is 108 cm³/mol. The molecule has 0 N–H and O–H groups in total. The number of hydrogen-bond acceptors (Lipinski definition) is 5. The molecule has 144 valence electrons. The second kappa shape index (κ2) is 9.72. The van der Waals surface area contributed by atoms with E-state index in [9.17, 15) is 10.1 Å². The van der Waals surface area contributed by atoms with E-state index in [0.29, 0.717) is 0 Å². The minimum atomic E-state index is -0.557. The van der Waals surface area contributed by atoms with Crippen molar-refractivity contribution in [1.82, 2.24) is 9.80 Å². The monoisotopic (exact) mass is 375 g/mol. The highest BCUT2D eigenvalue weighted by atomic mass is 16.5. The summed E-state index contributed by atoms with van der Waals surface area (Å²) in [6.45, 7) is 5.18. The number of esters is 1. The summed E-state index contributed by atoms with van der Waals surface area (Å²) in [5.74, 6) is -0.557. The van der Waals surface area contributed by atoms with Gasteiger partial charge in [-0.3, -0.25) is 4.90 Å². The lowest BCUT2D eigenvalue weighted by atomic mass is 9.96. The summed E-state index contributed by atoms with van der Waals surface area (Å²) in [6, 6.07) is 23.2. The van der Waals surface area contributed by atoms with Crippen molar-refractivity contribution >= 4 is 5.97 Å². The number of nitriles is 1. The van der Waals surface area contributed by atoms with Gasteiger partial charge in [-0.2, -0.15) is 5.26 Å². The molecule has 1 aliphatic heterocycles. The van der Waals surface area contributed by atoms with Gasteiger partial charge in [0.2, 0.25) is 0 Å². The van der Waals surface area contributed by atoms with Crippen LogP contribution in [0.3, 0.4) is 0 Å². The van der Waals surface area contributed by atoms with E-state index in [1.165, 1.54) is 11.1 Å². The fourth-order valence-corrected chi connectivity index (χ4v) is 3.53. The van der Waals surface area contributed by atoms with Gasteiger partial charge in [-0.05, 0) is 18.1 Å². The quantitative estimate of drug-likeness (QED) is 0.440. The summed E-state index contributed by atoms with van der Waals surface area (Å²) in [5.41, 5.74) is 2.59. The molecule has 0 aliphatic carbocycles. The van der Waals surface area contributed by atoms with Crippen molar-refractivity contribution in [2.75, 3.05) is 32.8 Å². The molecule has 1 saturated heterocycles. The molecule has 1 aliphatic rings. The van der Waals surface area contributed by atoms with Crippen LogP contribution in [0.15, 0.2) is 72.4 Å². The van der Waals surface area contributed by atoms with Gasteiger partial charge in [-0.1, -0.05) is 60.7 Å². The fourth-order valence-electron chi connectivity index (χ4n) is 3.53. The molecule has 0 atom stereocenters. The maximum atomic E-state index is 11.8. The van der Waals surface area contributed by atoms with E-state index in [1.54, 1.807) is 13.1 Å². The van der Waals surface area contributed by atoms with Gasteiger partial charge < -0.3 is 9.64 Å². The third kappa shape index (κ3) is 4.79. The average Bonchev–Trinajstić information content (AvgIpc) is 2.75. The normalized spacial score (nSPS) is 15.3. The molecule has 0 radical (unpaired) electrons. The van der Waals surface area contributed by atoms with Crippen molar-refractivity contribution < 1.29 is 9.53 Å². The standard InChI is InChI=1S/C23H25N3O2/c1-2-28-23(27)21(17-24)18-25-13-15-26(16-14-25)22(19-9-5-3-6-10-19)20-11-7-4-8-12-20/h3-12,18,22H,2,13-16H2,1H3/b21-18-. The lowest BCUT2D eigenvalue weighted by Crippen LogP contribution is -2.46. The maximum absolute atomic E-state index is 11.8. The van der Waals surface area contributed by atoms with E-state index in [-0.39, 0.29) is 18.2 Å². The molecular weight excluding hydrogens is 350 g/mol. The van der Waals surface area contributed by atoms with Crippen molar-refractivity contribution in [1.29, 1.82) is 5.26 Å². The average molecular weight is 375 g/mol. The summed E-state index contributed by atoms with van der Waals surface area (Å²) >= 11 is 0. The topological polar surface area (TPSA) is 56.6 Å². The van der Waals surface area contributed by atoms with E-state index < -0.39 is 5.97 Å². The molecule has 3 rings (SSSR count). The second-order valence-corrected chi connectivity index (χ2v) is 6.67. The largest absolute Gasteiger partial charge is 0.462 e. The highest BCUT2D eigenvalue weighted by Gasteiger charge is 2.26. The molecule has 0 bridgehead atoms. The number of nitrogens with zero attached hydrogens (tertiary/aromatic N) is 3. The van der Waals surface area contributed by atoms with E-state index in [2.05, 4.69) is 53.4 Å². The van der Waals surface area contributed by atoms with Crippen LogP contribution in [0.1, 0.15) is 24.1 Å². The summed E-state index contributed by atoms with van der Waals surface area (Å²) in [5, 5.41) is 9.24. The maximum Gasteiger partial charge on any atom is 0.350 e. The molecule has 28 heavy (non-hydrogen) atoms. The molecule has 1 fully saturated rings. The molecule has 2 aromatic rings. The Labute approximate surface area is 166 Å². The van der Waals surface area contributed by atoms with E-state index in [4.69, 9.17) is 4.74 Å². The predicted octanol–water partition coefficient (Wildman–Crippen LogP) is 3.36. The highest BCUT2D eigenvalue weighted by molar-refractivity contribution is 5.92. The van der Waals surface area contributed by atoms with Crippen molar-refractivity contribution in [3.05, 3.63) is 83.6 Å². The van der Waals surface area contributed by atoms with Gasteiger partial charge >= 0.3 is 5.97 Å². The minimum absolute atomic E-state index is 0.0537. The summed E-state index contributed by atoms with van der Waals surface area (Å²) in [4.78, 5) is 16.3. The molecule has 0 unspecified atom stereocenters. The van der Waals surface area contributed by atoms with Gasteiger partial charge in [0.05, 0.1) is 12.6 Å². The van der Waals surface area contributed by atoms with Crippen LogP contribution in [0.4, 0.5) is 0 Å². The Morgan fingerprint density at radius 1 is 1.04 bits per heavy atom. The van der Waals surface area contributed by atoms with Crippen molar-refractivity contribution in [2.24, 2.45) is 0 Å². The van der Waals surface area contributed by atoms with Crippen molar-refractivity contribution in [3.63, 3.8) is 0 Å². The van der Waals surface area contributed by atoms with Gasteiger partial charge in [0.25, 0.3) is 0 Å². The van der Waals surface area contributed by atoms with Gasteiger partial charge in [0.15, 0.2) is 5.57 Å². The number of ether oxygens (including phenoxy) is 1. The van der Waals surface area contributed by atoms with Crippen molar-refractivity contribution in [3.8, 4) is 6.07 Å². The van der Waals surface area contributed by atoms with E-state index in [0.717, 1.165) is 26.2 Å². The molecule has 1 heterocycles. The first-order chi connectivity index (χ1) is 13.7. The molecule has 0 aromatic heterocycles. The molecule has 0 saturated carbocycles. The minimum Gasteiger partial charge on any atom is -0.462 e. The van der Waals surface area contributed by atoms with Crippen LogP contribution in [0.25, 0.3) is 0 Å². The molecule has 0 spiro atoms. The SMILES string of the molecule is CCOC(=O)/C(C#N)=C\N1CCN(C(c2ccccc2)c2ccccc2)CC1. The Hall–Kier alpha value is -3.10. The molecular formula is C23H25N3O2. The highest BCUT2D eigenvalue weighted by Crippen LogP contribution is 2.29. The second-order valence-electron chi connectivity index (χ2n) is 6.67. The van der Waals surface area contributed by atoms with E-state index >= 15 is 0 Å². The van der Waals surface area contributed by atoms with Crippen LogP contribution < -0.4 is 0 Å². The van der Waals surface area contributed by atoms with Crippen molar-refractivity contribution in [2.45, 2.75) is 13.0 Å². The zero-order valence-electron chi connectivity index (χ0n) is 16.1. The summed E-state index contributed by atoms with van der Waals surface area (Å²) in [7, 11) is 0. The first kappa shape index (κ1) is 19.7. The molecule has 0 amide bonds. The van der Waals surface area contributed by atoms with E-state index in [1.807, 2.05) is 23.1 Å². The number of hydrogen-bond donors (Lipinski definition) is 0. The van der Waals surface area contributed by atoms with Crippen LogP contribution in [0.5, 0.6) is 0 Å². The van der Waals surface area contributed by atoms with Crippen LogP contribution >= 0.6 is 0 Å². The number of benzene rings is 2. The Kier molecular flexibility index (Phi) is 6.83. The third-order valence-electron chi connectivity index (χ3n) is 4.87. The zero-order valence-corrected chi connectivity index (χ0v) is 16.1. The molecule has 5 nitrogen and oxygen atoms in total. The van der Waals surface area contributed by atoms with Crippen LogP contribution in [0.2, 0.25) is 0 Å². The molecule has 2 aromatic carbocycles. The Balaban J connectivity index is 1.74. The summed E-state index contributed by atoms with van der Waals surface area (Å²) < 4.78 is 4.94. The van der Waals surface area contributed by atoms with Gasteiger partial charge in [0.1, 0.15) is 6.07 Å². The first-order valence-corrected chi connectivity index (χ1v) is 9.60. The lowest BCUT2D eigenvalue weighted by Gasteiger charge is -2.39. The third-order valence-corrected chi connectivity index (χ3v) is 4.87. The smallest absolute Gasteiger partial charge is 0.350 e. The Bertz CT molecular complexity index is 796. The number of rotatable bonds is 6. The zero-order chi connectivity index (χ0) is 19.8. The van der Waals surface area contributed by atoms with Gasteiger partial charge in [0, 0.05) is 32.4 Å². The van der Waals surface area contributed by atoms with Gasteiger partial charge in [-0.15, -0.1) is 0 Å². The first-order valence-electron chi connectivity index (χ1n) is 9.60. The number of carbonyl (C=O) groups is 1. The van der Waals surface area contributed by atoms with Crippen LogP contribution in [-0.2, 0) is 9.53 Å². The number of piperazine rings is 1. The van der Waals surface area contributed by atoms with Gasteiger partial charge in [-0.25, -0.2) is 4.79 Å². The Morgan fingerprint density at radius 2 is 1.57 bits per heavy atom. The summed E-state index contributed by atoms with van der Waals surface area (Å²) in [6.07, 6.45) is 1.63. The lowest BCUT2D eigenvalue weighted by molar-refractivity contribution is -0.138. The van der Waals surface area contributed by atoms with Crippen LogP contribution in [-0.4, -0.2) is 48.6 Å². The van der Waals surface area contributed by atoms with Crippen LogP contribution in [0, 0.1) is 11.3 Å². The fraction of sp³-hybridized carbons (Fsp3) is 0.304. The Morgan fingerprint density at radius 3 is 2.04 bits per heavy atom.